The quantitative estimate of drug-likeness (QED) is 0.441. The van der Waals surface area contributed by atoms with Crippen LogP contribution in [0.4, 0.5) is 5.69 Å². The normalized spacial score (nSPS) is 22.3. The SMILES string of the molecule is C=C1/C(=N\C(=N/C)NC2CC2)C(NC2CC2)=Nc2cc(C(=O)NCCN3CCOCC3)ccc21. The summed E-state index contributed by atoms with van der Waals surface area (Å²) in [5.74, 6) is 1.20. The lowest BCUT2D eigenvalue weighted by atomic mass is 9.95. The summed E-state index contributed by atoms with van der Waals surface area (Å²) in [5.41, 5.74) is 3.70. The topological polar surface area (TPSA) is 103 Å². The van der Waals surface area contributed by atoms with E-state index < -0.39 is 0 Å². The molecule has 3 fully saturated rings. The number of benzene rings is 1. The van der Waals surface area contributed by atoms with E-state index in [-0.39, 0.29) is 5.91 Å². The first-order valence-corrected chi connectivity index (χ1v) is 12.2. The van der Waals surface area contributed by atoms with Crippen LogP contribution >= 0.6 is 0 Å². The highest BCUT2D eigenvalue weighted by atomic mass is 16.5. The lowest BCUT2D eigenvalue weighted by molar-refractivity contribution is 0.0383. The molecule has 0 bridgehead atoms. The van der Waals surface area contributed by atoms with Gasteiger partial charge in [0.1, 0.15) is 5.71 Å². The van der Waals surface area contributed by atoms with Gasteiger partial charge in [-0.15, -0.1) is 0 Å². The van der Waals surface area contributed by atoms with Crippen molar-refractivity contribution in [2.45, 2.75) is 37.8 Å². The van der Waals surface area contributed by atoms with E-state index in [0.717, 1.165) is 75.4 Å². The Labute approximate surface area is 200 Å². The van der Waals surface area contributed by atoms with Crippen LogP contribution in [0.1, 0.15) is 41.6 Å². The van der Waals surface area contributed by atoms with Crippen LogP contribution in [0.2, 0.25) is 0 Å². The third-order valence-corrected chi connectivity index (χ3v) is 6.40. The molecule has 1 aromatic carbocycles. The highest BCUT2D eigenvalue weighted by molar-refractivity contribution is 6.60. The molecule has 34 heavy (non-hydrogen) atoms. The lowest BCUT2D eigenvalue weighted by Gasteiger charge is -2.26. The van der Waals surface area contributed by atoms with E-state index in [0.29, 0.717) is 41.7 Å². The van der Waals surface area contributed by atoms with Gasteiger partial charge in [-0.25, -0.2) is 9.98 Å². The van der Waals surface area contributed by atoms with Crippen LogP contribution < -0.4 is 16.0 Å². The number of rotatable bonds is 6. The zero-order valence-corrected chi connectivity index (χ0v) is 19.8. The van der Waals surface area contributed by atoms with Gasteiger partial charge in [0.15, 0.2) is 5.84 Å². The number of ether oxygens (including phenoxy) is 1. The Morgan fingerprint density at radius 3 is 2.68 bits per heavy atom. The minimum Gasteiger partial charge on any atom is -0.379 e. The maximum absolute atomic E-state index is 12.8. The third-order valence-electron chi connectivity index (χ3n) is 6.40. The zero-order valence-electron chi connectivity index (χ0n) is 19.8. The van der Waals surface area contributed by atoms with Crippen molar-refractivity contribution in [3.8, 4) is 0 Å². The van der Waals surface area contributed by atoms with Gasteiger partial charge < -0.3 is 20.7 Å². The van der Waals surface area contributed by atoms with Gasteiger partial charge in [-0.3, -0.25) is 14.7 Å². The van der Waals surface area contributed by atoms with E-state index >= 15 is 0 Å². The molecule has 4 aliphatic rings. The van der Waals surface area contributed by atoms with Crippen molar-refractivity contribution in [3.63, 3.8) is 0 Å². The molecule has 1 aromatic rings. The van der Waals surface area contributed by atoms with E-state index in [4.69, 9.17) is 14.7 Å². The number of carbonyl (C=O) groups excluding carboxylic acids is 1. The summed E-state index contributed by atoms with van der Waals surface area (Å²) in [6.07, 6.45) is 4.52. The molecule has 3 N–H and O–H groups in total. The predicted octanol–water partition coefficient (Wildman–Crippen LogP) is 1.74. The predicted molar refractivity (Wildman–Crippen MR) is 135 cm³/mol. The van der Waals surface area contributed by atoms with Gasteiger partial charge in [0.05, 0.1) is 18.9 Å². The highest BCUT2D eigenvalue weighted by Crippen LogP contribution is 2.33. The number of hydrogen-bond acceptors (Lipinski definition) is 6. The monoisotopic (exact) mass is 463 g/mol. The second kappa shape index (κ2) is 10.1. The van der Waals surface area contributed by atoms with Crippen LogP contribution in [0.5, 0.6) is 0 Å². The average Bonchev–Trinajstić information content (AvgIpc) is 3.78. The molecule has 2 saturated carbocycles. The summed E-state index contributed by atoms with van der Waals surface area (Å²) in [6.45, 7) is 9.07. The Hall–Kier alpha value is -3.04. The third kappa shape index (κ3) is 5.53. The van der Waals surface area contributed by atoms with E-state index in [1.807, 2.05) is 18.2 Å². The molecule has 0 radical (unpaired) electrons. The largest absolute Gasteiger partial charge is 0.379 e. The zero-order chi connectivity index (χ0) is 23.5. The maximum atomic E-state index is 12.8. The van der Waals surface area contributed by atoms with E-state index in [2.05, 4.69) is 32.4 Å². The fourth-order valence-electron chi connectivity index (χ4n) is 4.02. The van der Waals surface area contributed by atoms with Crippen molar-refractivity contribution >= 4 is 34.7 Å². The Balaban J connectivity index is 1.32. The highest BCUT2D eigenvalue weighted by Gasteiger charge is 2.30. The van der Waals surface area contributed by atoms with Crippen molar-refractivity contribution in [1.82, 2.24) is 20.9 Å². The van der Waals surface area contributed by atoms with Crippen LogP contribution in [0, 0.1) is 0 Å². The van der Waals surface area contributed by atoms with Crippen LogP contribution in [0.3, 0.4) is 0 Å². The van der Waals surface area contributed by atoms with Gasteiger partial charge in [-0.2, -0.15) is 0 Å². The number of guanidine groups is 1. The van der Waals surface area contributed by atoms with Crippen LogP contribution in [-0.2, 0) is 4.74 Å². The standard InChI is InChI=1S/C25H33N7O2/c1-16-20-8-3-17(24(33)27-9-10-32-11-13-34-14-12-32)15-21(20)30-23(28-18-4-5-18)22(16)31-25(26-2)29-19-6-7-19/h3,8,15,18-19H,1,4-7,9-14H2,2H3,(H,26,29)(H,27,33)(H,28,30)/b31-22+. The number of amides is 1. The second-order valence-corrected chi connectivity index (χ2v) is 9.23. The molecule has 5 rings (SSSR count). The Kier molecular flexibility index (Phi) is 6.73. The molecule has 0 unspecified atom stereocenters. The summed E-state index contributed by atoms with van der Waals surface area (Å²) in [5, 5.41) is 9.88. The van der Waals surface area contributed by atoms with Gasteiger partial charge in [-0.05, 0) is 37.8 Å². The summed E-state index contributed by atoms with van der Waals surface area (Å²) in [4.78, 5) is 29.1. The van der Waals surface area contributed by atoms with Crippen molar-refractivity contribution < 1.29 is 9.53 Å². The van der Waals surface area contributed by atoms with Crippen molar-refractivity contribution in [2.24, 2.45) is 15.0 Å². The molecule has 2 aliphatic heterocycles. The molecular weight excluding hydrogens is 430 g/mol. The summed E-state index contributed by atoms with van der Waals surface area (Å²) >= 11 is 0. The van der Waals surface area contributed by atoms with E-state index in [9.17, 15) is 4.79 Å². The molecule has 0 spiro atoms. The van der Waals surface area contributed by atoms with Crippen molar-refractivity contribution in [1.29, 1.82) is 0 Å². The van der Waals surface area contributed by atoms with Gasteiger partial charge >= 0.3 is 0 Å². The Bertz CT molecular complexity index is 1050. The number of nitrogens with zero attached hydrogens (tertiary/aromatic N) is 4. The molecule has 0 atom stereocenters. The molecule has 0 aromatic heterocycles. The Morgan fingerprint density at radius 1 is 1.21 bits per heavy atom. The van der Waals surface area contributed by atoms with Crippen LogP contribution in [0.15, 0.2) is 39.8 Å². The van der Waals surface area contributed by atoms with E-state index in [1.165, 1.54) is 0 Å². The molecule has 180 valence electrons. The number of carbonyl (C=O) groups is 1. The second-order valence-electron chi connectivity index (χ2n) is 9.23. The van der Waals surface area contributed by atoms with Crippen LogP contribution in [0.25, 0.3) is 5.57 Å². The number of aliphatic imine (C=N–C) groups is 3. The molecular formula is C25H33N7O2. The maximum Gasteiger partial charge on any atom is 0.251 e. The van der Waals surface area contributed by atoms with Gasteiger partial charge in [0.25, 0.3) is 5.91 Å². The average molecular weight is 464 g/mol. The van der Waals surface area contributed by atoms with E-state index in [1.54, 1.807) is 7.05 Å². The summed E-state index contributed by atoms with van der Waals surface area (Å²) in [6, 6.07) is 6.44. The Morgan fingerprint density at radius 2 is 1.97 bits per heavy atom. The first kappa shape index (κ1) is 22.7. The lowest BCUT2D eigenvalue weighted by Crippen LogP contribution is -2.41. The fraction of sp³-hybridized carbons (Fsp3) is 0.520. The molecule has 9 heteroatoms. The van der Waals surface area contributed by atoms with Crippen molar-refractivity contribution in [3.05, 3.63) is 35.9 Å². The van der Waals surface area contributed by atoms with Crippen LogP contribution in [-0.4, -0.2) is 86.8 Å². The molecule has 1 saturated heterocycles. The minimum absolute atomic E-state index is 0.0953. The van der Waals surface area contributed by atoms with Gasteiger partial charge in [-0.1, -0.05) is 12.6 Å². The smallest absolute Gasteiger partial charge is 0.251 e. The van der Waals surface area contributed by atoms with Crippen molar-refractivity contribution in [2.75, 3.05) is 46.4 Å². The number of amidine groups is 1. The molecule has 9 nitrogen and oxygen atoms in total. The fourth-order valence-corrected chi connectivity index (χ4v) is 4.02. The number of hydrogen-bond donors (Lipinski definition) is 3. The first-order chi connectivity index (χ1) is 16.6. The number of nitrogens with one attached hydrogen (secondary N) is 3. The number of fused-ring (bicyclic) bond motifs is 1. The molecule has 2 aliphatic carbocycles. The molecule has 2 heterocycles. The summed E-state index contributed by atoms with van der Waals surface area (Å²) in [7, 11) is 1.74. The van der Waals surface area contributed by atoms with Gasteiger partial charge in [0, 0.05) is 62.0 Å². The number of morpholine rings is 1. The molecule has 1 amide bonds. The minimum atomic E-state index is -0.0953. The summed E-state index contributed by atoms with van der Waals surface area (Å²) < 4.78 is 5.38. The van der Waals surface area contributed by atoms with Gasteiger partial charge in [0.2, 0.25) is 5.96 Å². The first-order valence-electron chi connectivity index (χ1n) is 12.2.